The summed E-state index contributed by atoms with van der Waals surface area (Å²) in [6, 6.07) is 8.52. The number of rotatable bonds is 4. The van der Waals surface area contributed by atoms with Gasteiger partial charge in [0.2, 0.25) is 0 Å². The maximum absolute atomic E-state index is 9.21. The van der Waals surface area contributed by atoms with Crippen molar-refractivity contribution in [1.29, 1.82) is 0 Å². The minimum Gasteiger partial charge on any atom is -0.390 e. The van der Waals surface area contributed by atoms with E-state index in [9.17, 15) is 5.11 Å². The Morgan fingerprint density at radius 3 is 2.47 bits per heavy atom. The van der Waals surface area contributed by atoms with Crippen molar-refractivity contribution in [2.75, 3.05) is 0 Å². The van der Waals surface area contributed by atoms with E-state index in [4.69, 9.17) is 0 Å². The van der Waals surface area contributed by atoms with Crippen LogP contribution in [-0.4, -0.2) is 10.1 Å². The molecule has 0 fully saturated rings. The van der Waals surface area contributed by atoms with E-state index in [2.05, 4.69) is 43.1 Å². The summed E-state index contributed by atoms with van der Waals surface area (Å²) in [5, 5.41) is 10.3. The molecule has 0 amide bonds. The zero-order chi connectivity index (χ0) is 12.3. The SMILES string of the molecule is CCc1sc(Cc2ccc(C)cc2)nc1CO. The van der Waals surface area contributed by atoms with Crippen molar-refractivity contribution < 1.29 is 5.11 Å². The molecule has 0 saturated carbocycles. The van der Waals surface area contributed by atoms with Crippen LogP contribution in [0.3, 0.4) is 0 Å². The van der Waals surface area contributed by atoms with Crippen molar-refractivity contribution in [2.24, 2.45) is 0 Å². The number of benzene rings is 1. The second-order valence-electron chi connectivity index (χ2n) is 4.15. The highest BCUT2D eigenvalue weighted by Gasteiger charge is 2.09. The van der Waals surface area contributed by atoms with Crippen LogP contribution in [-0.2, 0) is 19.4 Å². The smallest absolute Gasteiger partial charge is 0.0976 e. The molecule has 0 radical (unpaired) electrons. The van der Waals surface area contributed by atoms with Crippen LogP contribution < -0.4 is 0 Å². The standard InChI is InChI=1S/C14H17NOS/c1-3-13-12(9-16)15-14(17-13)8-11-6-4-10(2)5-7-11/h4-7,16H,3,8-9H2,1-2H3. The molecule has 1 heterocycles. The highest BCUT2D eigenvalue weighted by Crippen LogP contribution is 2.22. The van der Waals surface area contributed by atoms with Gasteiger partial charge < -0.3 is 5.11 Å². The topological polar surface area (TPSA) is 33.1 Å². The molecule has 0 spiro atoms. The molecule has 2 aromatic rings. The van der Waals surface area contributed by atoms with Gasteiger partial charge in [-0.1, -0.05) is 36.8 Å². The normalized spacial score (nSPS) is 10.8. The fourth-order valence-corrected chi connectivity index (χ4v) is 2.84. The number of aryl methyl sites for hydroxylation is 2. The Kier molecular flexibility index (Phi) is 3.92. The maximum Gasteiger partial charge on any atom is 0.0976 e. The van der Waals surface area contributed by atoms with Gasteiger partial charge in [-0.3, -0.25) is 0 Å². The van der Waals surface area contributed by atoms with Gasteiger partial charge in [0.15, 0.2) is 0 Å². The van der Waals surface area contributed by atoms with Gasteiger partial charge in [0.05, 0.1) is 17.3 Å². The molecule has 2 rings (SSSR count). The molecule has 1 aromatic heterocycles. The Bertz CT molecular complexity index is 466. The zero-order valence-corrected chi connectivity index (χ0v) is 11.0. The fourth-order valence-electron chi connectivity index (χ4n) is 1.79. The Morgan fingerprint density at radius 2 is 1.94 bits per heavy atom. The monoisotopic (exact) mass is 247 g/mol. The van der Waals surface area contributed by atoms with Gasteiger partial charge >= 0.3 is 0 Å². The first-order chi connectivity index (χ1) is 8.22. The Morgan fingerprint density at radius 1 is 1.24 bits per heavy atom. The molecular formula is C14H17NOS. The van der Waals surface area contributed by atoms with Crippen LogP contribution in [0.2, 0.25) is 0 Å². The summed E-state index contributed by atoms with van der Waals surface area (Å²) in [6.07, 6.45) is 1.80. The van der Waals surface area contributed by atoms with Crippen LogP contribution >= 0.6 is 11.3 Å². The van der Waals surface area contributed by atoms with Crippen molar-refractivity contribution in [2.45, 2.75) is 33.3 Å². The van der Waals surface area contributed by atoms with Gasteiger partial charge in [0.25, 0.3) is 0 Å². The Balaban J connectivity index is 2.18. The average Bonchev–Trinajstić information content (AvgIpc) is 2.74. The second-order valence-corrected chi connectivity index (χ2v) is 5.32. The largest absolute Gasteiger partial charge is 0.390 e. The molecule has 3 heteroatoms. The molecule has 0 unspecified atom stereocenters. The maximum atomic E-state index is 9.21. The second kappa shape index (κ2) is 5.43. The Hall–Kier alpha value is -1.19. The van der Waals surface area contributed by atoms with Gasteiger partial charge in [-0.15, -0.1) is 11.3 Å². The number of hydrogen-bond acceptors (Lipinski definition) is 3. The third-order valence-corrected chi connectivity index (χ3v) is 4.01. The van der Waals surface area contributed by atoms with Crippen LogP contribution in [0.5, 0.6) is 0 Å². The third-order valence-electron chi connectivity index (χ3n) is 2.77. The van der Waals surface area contributed by atoms with Crippen LogP contribution in [0.25, 0.3) is 0 Å². The summed E-state index contributed by atoms with van der Waals surface area (Å²) in [7, 11) is 0. The lowest BCUT2D eigenvalue weighted by Gasteiger charge is -1.98. The first-order valence-corrected chi connectivity index (χ1v) is 6.68. The van der Waals surface area contributed by atoms with E-state index in [-0.39, 0.29) is 6.61 Å². The van der Waals surface area contributed by atoms with Crippen LogP contribution in [0, 0.1) is 6.92 Å². The zero-order valence-electron chi connectivity index (χ0n) is 10.2. The van der Waals surface area contributed by atoms with Crippen molar-refractivity contribution in [3.8, 4) is 0 Å². The minimum atomic E-state index is 0.0492. The lowest BCUT2D eigenvalue weighted by atomic mass is 10.1. The summed E-state index contributed by atoms with van der Waals surface area (Å²) in [4.78, 5) is 5.69. The van der Waals surface area contributed by atoms with Crippen LogP contribution in [0.4, 0.5) is 0 Å². The molecule has 1 aromatic carbocycles. The van der Waals surface area contributed by atoms with Crippen molar-refractivity contribution in [3.63, 3.8) is 0 Å². The van der Waals surface area contributed by atoms with E-state index in [1.165, 1.54) is 16.0 Å². The van der Waals surface area contributed by atoms with Gasteiger partial charge in [0.1, 0.15) is 0 Å². The average molecular weight is 247 g/mol. The van der Waals surface area contributed by atoms with E-state index in [0.717, 1.165) is 23.5 Å². The van der Waals surface area contributed by atoms with Crippen LogP contribution in [0.1, 0.15) is 33.6 Å². The van der Waals surface area contributed by atoms with E-state index in [0.29, 0.717) is 0 Å². The predicted octanol–water partition coefficient (Wildman–Crippen LogP) is 3.10. The molecule has 1 N–H and O–H groups in total. The van der Waals surface area contributed by atoms with Gasteiger partial charge in [0, 0.05) is 11.3 Å². The molecule has 0 aliphatic rings. The van der Waals surface area contributed by atoms with Crippen molar-refractivity contribution in [1.82, 2.24) is 4.98 Å². The summed E-state index contributed by atoms with van der Waals surface area (Å²) in [5.41, 5.74) is 3.40. The number of aliphatic hydroxyl groups excluding tert-OH is 1. The number of aromatic nitrogens is 1. The van der Waals surface area contributed by atoms with E-state index >= 15 is 0 Å². The highest BCUT2D eigenvalue weighted by molar-refractivity contribution is 7.11. The Labute approximate surface area is 106 Å². The molecule has 0 saturated heterocycles. The third kappa shape index (κ3) is 2.93. The first kappa shape index (κ1) is 12.3. The number of hydrogen-bond donors (Lipinski definition) is 1. The number of thiazole rings is 1. The summed E-state index contributed by atoms with van der Waals surface area (Å²) in [5.74, 6) is 0. The highest BCUT2D eigenvalue weighted by atomic mass is 32.1. The lowest BCUT2D eigenvalue weighted by molar-refractivity contribution is 0.276. The summed E-state index contributed by atoms with van der Waals surface area (Å²) in [6.45, 7) is 4.24. The minimum absolute atomic E-state index is 0.0492. The van der Waals surface area contributed by atoms with E-state index < -0.39 is 0 Å². The quantitative estimate of drug-likeness (QED) is 0.900. The molecule has 2 nitrogen and oxygen atoms in total. The number of nitrogens with zero attached hydrogens (tertiary/aromatic N) is 1. The molecule has 0 aliphatic carbocycles. The molecule has 90 valence electrons. The predicted molar refractivity (Wildman–Crippen MR) is 71.4 cm³/mol. The molecular weight excluding hydrogens is 230 g/mol. The van der Waals surface area contributed by atoms with Gasteiger partial charge in [-0.05, 0) is 18.9 Å². The number of aliphatic hydroxyl groups is 1. The van der Waals surface area contributed by atoms with Crippen molar-refractivity contribution in [3.05, 3.63) is 51.0 Å². The van der Waals surface area contributed by atoms with Crippen LogP contribution in [0.15, 0.2) is 24.3 Å². The molecule has 0 atom stereocenters. The molecule has 0 bridgehead atoms. The van der Waals surface area contributed by atoms with Crippen molar-refractivity contribution >= 4 is 11.3 Å². The first-order valence-electron chi connectivity index (χ1n) is 5.86. The van der Waals surface area contributed by atoms with E-state index in [1.54, 1.807) is 11.3 Å². The molecule has 0 aliphatic heterocycles. The molecule has 17 heavy (non-hydrogen) atoms. The van der Waals surface area contributed by atoms with E-state index in [1.807, 2.05) is 0 Å². The van der Waals surface area contributed by atoms with Gasteiger partial charge in [-0.25, -0.2) is 4.98 Å². The summed E-state index contributed by atoms with van der Waals surface area (Å²) >= 11 is 1.71. The fraction of sp³-hybridized carbons (Fsp3) is 0.357. The van der Waals surface area contributed by atoms with Gasteiger partial charge in [-0.2, -0.15) is 0 Å². The lowest BCUT2D eigenvalue weighted by Crippen LogP contribution is -1.90. The summed E-state index contributed by atoms with van der Waals surface area (Å²) < 4.78 is 0.